The van der Waals surface area contributed by atoms with E-state index in [-0.39, 0.29) is 0 Å². The summed E-state index contributed by atoms with van der Waals surface area (Å²) in [4.78, 5) is 0. The number of benzene rings is 2. The maximum absolute atomic E-state index is 6.15. The molecule has 2 aromatic rings. The molecule has 0 fully saturated rings. The second-order valence-corrected chi connectivity index (χ2v) is 5.71. The summed E-state index contributed by atoms with van der Waals surface area (Å²) < 4.78 is 0. The molecule has 0 aliphatic heterocycles. The number of hydrogen-bond acceptors (Lipinski definition) is 1. The zero-order valence-electron chi connectivity index (χ0n) is 10.1. The van der Waals surface area contributed by atoms with Crippen molar-refractivity contribution in [1.82, 2.24) is 0 Å². The molecule has 0 radical (unpaired) electrons. The molecule has 0 atom stereocenters. The average molecular weight is 335 g/mol. The van der Waals surface area contributed by atoms with Gasteiger partial charge in [0.25, 0.3) is 0 Å². The first-order valence-electron chi connectivity index (χ1n) is 5.62. The maximum Gasteiger partial charge on any atom is 0.0657 e. The Kier molecular flexibility index (Phi) is 4.86. The van der Waals surface area contributed by atoms with Gasteiger partial charge in [-0.1, -0.05) is 58.5 Å². The van der Waals surface area contributed by atoms with Gasteiger partial charge in [-0.15, -0.1) is 0 Å². The van der Waals surface area contributed by atoms with Gasteiger partial charge in [-0.2, -0.15) is 0 Å². The van der Waals surface area contributed by atoms with E-state index < -0.39 is 0 Å². The summed E-state index contributed by atoms with van der Waals surface area (Å²) in [6, 6.07) is 9.12. The van der Waals surface area contributed by atoms with Gasteiger partial charge in [0.15, 0.2) is 0 Å². The number of anilines is 1. The second kappa shape index (κ2) is 6.23. The van der Waals surface area contributed by atoms with E-state index in [1.165, 1.54) is 0 Å². The van der Waals surface area contributed by atoms with Crippen LogP contribution in [-0.4, -0.2) is 0 Å². The van der Waals surface area contributed by atoms with E-state index in [1.807, 2.05) is 25.1 Å². The molecule has 0 aliphatic rings. The lowest BCUT2D eigenvalue weighted by atomic mass is 10.1. The molecule has 0 bridgehead atoms. The molecule has 0 amide bonds. The summed E-state index contributed by atoms with van der Waals surface area (Å²) in [6.07, 6.45) is 0. The van der Waals surface area contributed by atoms with Gasteiger partial charge in [-0.05, 0) is 30.7 Å². The summed E-state index contributed by atoms with van der Waals surface area (Å²) in [6.45, 7) is 2.44. The van der Waals surface area contributed by atoms with E-state index in [1.54, 1.807) is 12.1 Å². The molecule has 0 unspecified atom stereocenters. The quantitative estimate of drug-likeness (QED) is 0.657. The van der Waals surface area contributed by atoms with Crippen molar-refractivity contribution in [3.63, 3.8) is 0 Å². The Bertz CT molecular complexity index is 590. The SMILES string of the molecule is Cc1cccc(Cl)c1NCc1c(Cl)ccc(Cl)c1Cl. The maximum atomic E-state index is 6.15. The molecule has 2 rings (SSSR count). The van der Waals surface area contributed by atoms with Crippen LogP contribution in [0.2, 0.25) is 20.1 Å². The highest BCUT2D eigenvalue weighted by atomic mass is 35.5. The van der Waals surface area contributed by atoms with Gasteiger partial charge in [-0.25, -0.2) is 0 Å². The number of halogens is 4. The Labute approximate surface area is 132 Å². The molecular formula is C14H11Cl4N. The molecule has 0 spiro atoms. The predicted molar refractivity (Wildman–Crippen MR) is 85.0 cm³/mol. The smallest absolute Gasteiger partial charge is 0.0657 e. The summed E-state index contributed by atoms with van der Waals surface area (Å²) in [5.41, 5.74) is 2.69. The van der Waals surface area contributed by atoms with E-state index in [2.05, 4.69) is 5.32 Å². The Morgan fingerprint density at radius 3 is 2.26 bits per heavy atom. The van der Waals surface area contributed by atoms with Gasteiger partial charge >= 0.3 is 0 Å². The van der Waals surface area contributed by atoms with Gasteiger partial charge in [0.2, 0.25) is 0 Å². The first kappa shape index (κ1) is 14.8. The fourth-order valence-electron chi connectivity index (χ4n) is 1.76. The molecule has 0 heterocycles. The van der Waals surface area contributed by atoms with Crippen LogP contribution in [0.4, 0.5) is 5.69 Å². The number of rotatable bonds is 3. The Morgan fingerprint density at radius 1 is 0.895 bits per heavy atom. The lowest BCUT2D eigenvalue weighted by Crippen LogP contribution is -2.03. The van der Waals surface area contributed by atoms with E-state index in [9.17, 15) is 0 Å². The zero-order valence-corrected chi connectivity index (χ0v) is 13.1. The minimum absolute atomic E-state index is 0.461. The van der Waals surface area contributed by atoms with Crippen LogP contribution in [-0.2, 0) is 6.54 Å². The predicted octanol–water partition coefficient (Wildman–Crippen LogP) is 6.22. The third kappa shape index (κ3) is 3.29. The van der Waals surface area contributed by atoms with Crippen LogP contribution in [0.1, 0.15) is 11.1 Å². The minimum atomic E-state index is 0.461. The zero-order chi connectivity index (χ0) is 14.0. The minimum Gasteiger partial charge on any atom is -0.379 e. The third-order valence-corrected chi connectivity index (χ3v) is 4.32. The molecule has 1 nitrogen and oxygen atoms in total. The summed E-state index contributed by atoms with van der Waals surface area (Å²) >= 11 is 24.4. The van der Waals surface area contributed by atoms with Crippen molar-refractivity contribution in [2.75, 3.05) is 5.32 Å². The lowest BCUT2D eigenvalue weighted by molar-refractivity contribution is 1.14. The Hall–Kier alpha value is -0.600. The summed E-state index contributed by atoms with van der Waals surface area (Å²) in [5.74, 6) is 0. The van der Waals surface area contributed by atoms with Crippen molar-refractivity contribution < 1.29 is 0 Å². The largest absolute Gasteiger partial charge is 0.379 e. The first-order valence-corrected chi connectivity index (χ1v) is 7.13. The molecule has 100 valence electrons. The highest BCUT2D eigenvalue weighted by molar-refractivity contribution is 6.44. The van der Waals surface area contributed by atoms with Crippen LogP contribution in [0.25, 0.3) is 0 Å². The molecule has 0 aromatic heterocycles. The average Bonchev–Trinajstić information content (AvgIpc) is 2.37. The van der Waals surface area contributed by atoms with E-state index >= 15 is 0 Å². The van der Waals surface area contributed by atoms with Crippen LogP contribution in [0.5, 0.6) is 0 Å². The Balaban J connectivity index is 2.27. The molecule has 0 saturated heterocycles. The van der Waals surface area contributed by atoms with Crippen LogP contribution >= 0.6 is 46.4 Å². The highest BCUT2D eigenvalue weighted by Crippen LogP contribution is 2.33. The second-order valence-electron chi connectivity index (χ2n) is 4.11. The number of nitrogens with one attached hydrogen (secondary N) is 1. The van der Waals surface area contributed by atoms with Crippen molar-refractivity contribution in [1.29, 1.82) is 0 Å². The number of para-hydroxylation sites is 1. The Morgan fingerprint density at radius 2 is 1.58 bits per heavy atom. The van der Waals surface area contributed by atoms with Crippen LogP contribution in [0.15, 0.2) is 30.3 Å². The van der Waals surface area contributed by atoms with Gasteiger partial charge in [0, 0.05) is 17.1 Å². The molecule has 0 aliphatic carbocycles. The van der Waals surface area contributed by atoms with E-state index in [0.717, 1.165) is 16.8 Å². The topological polar surface area (TPSA) is 12.0 Å². The van der Waals surface area contributed by atoms with Crippen LogP contribution in [0.3, 0.4) is 0 Å². The molecule has 19 heavy (non-hydrogen) atoms. The normalized spacial score (nSPS) is 10.6. The highest BCUT2D eigenvalue weighted by Gasteiger charge is 2.11. The third-order valence-electron chi connectivity index (χ3n) is 2.80. The summed E-state index contributed by atoms with van der Waals surface area (Å²) in [5, 5.41) is 5.43. The first-order chi connectivity index (χ1) is 9.00. The van der Waals surface area contributed by atoms with Crippen molar-refractivity contribution in [2.24, 2.45) is 0 Å². The van der Waals surface area contributed by atoms with E-state index in [4.69, 9.17) is 46.4 Å². The fraction of sp³-hybridized carbons (Fsp3) is 0.143. The van der Waals surface area contributed by atoms with Gasteiger partial charge < -0.3 is 5.32 Å². The number of hydrogen-bond donors (Lipinski definition) is 1. The lowest BCUT2D eigenvalue weighted by Gasteiger charge is -2.14. The molecular weight excluding hydrogens is 324 g/mol. The van der Waals surface area contributed by atoms with Crippen molar-refractivity contribution in [2.45, 2.75) is 13.5 Å². The van der Waals surface area contributed by atoms with Crippen LogP contribution < -0.4 is 5.32 Å². The molecule has 5 heteroatoms. The van der Waals surface area contributed by atoms with Gasteiger partial charge in [0.05, 0.1) is 20.8 Å². The van der Waals surface area contributed by atoms with E-state index in [0.29, 0.717) is 26.6 Å². The monoisotopic (exact) mass is 333 g/mol. The summed E-state index contributed by atoms with van der Waals surface area (Å²) in [7, 11) is 0. The fourth-order valence-corrected chi connectivity index (χ4v) is 2.73. The molecule has 0 saturated carbocycles. The molecule has 1 N–H and O–H groups in total. The van der Waals surface area contributed by atoms with Crippen molar-refractivity contribution in [3.8, 4) is 0 Å². The van der Waals surface area contributed by atoms with Gasteiger partial charge in [0.1, 0.15) is 0 Å². The number of aryl methyl sites for hydroxylation is 1. The standard InChI is InChI=1S/C14H11Cl4N/c1-8-3-2-4-12(17)14(8)19-7-9-10(15)5-6-11(16)13(9)18/h2-6,19H,7H2,1H3. The van der Waals surface area contributed by atoms with Crippen molar-refractivity contribution >= 4 is 52.1 Å². The van der Waals surface area contributed by atoms with Crippen molar-refractivity contribution in [3.05, 3.63) is 61.5 Å². The van der Waals surface area contributed by atoms with Gasteiger partial charge in [-0.3, -0.25) is 0 Å². The van der Waals surface area contributed by atoms with Crippen LogP contribution in [0, 0.1) is 6.92 Å². The molecule has 2 aromatic carbocycles.